The van der Waals surface area contributed by atoms with Gasteiger partial charge in [-0.15, -0.1) is 0 Å². The lowest BCUT2D eigenvalue weighted by Gasteiger charge is -2.06. The molecule has 0 unspecified atom stereocenters. The summed E-state index contributed by atoms with van der Waals surface area (Å²) in [6, 6.07) is 0.584. The molecule has 0 spiro atoms. The number of ether oxygens (including phenoxy) is 1. The number of hydrogen-bond donors (Lipinski definition) is 0. The smallest absolute Gasteiger partial charge is 0.299 e. The van der Waals surface area contributed by atoms with Gasteiger partial charge in [0.25, 0.3) is 12.1 Å². The van der Waals surface area contributed by atoms with Crippen LogP contribution >= 0.6 is 0 Å². The number of carbonyl (C=O) groups excluding carboxylic acids is 1. The number of hydrogen-bond acceptors (Lipinski definition) is 5. The van der Waals surface area contributed by atoms with Gasteiger partial charge in [-0.2, -0.15) is 0 Å². The van der Waals surface area contributed by atoms with E-state index in [-0.39, 0.29) is 6.29 Å². The normalized spacial score (nSPS) is 10.2. The van der Waals surface area contributed by atoms with Crippen LogP contribution in [0.3, 0.4) is 0 Å². The summed E-state index contributed by atoms with van der Waals surface area (Å²) in [6.07, 6.45) is -2.86. The third-order valence-corrected chi connectivity index (χ3v) is 1.76. The average Bonchev–Trinajstić information content (AvgIpc) is 2.26. The summed E-state index contributed by atoms with van der Waals surface area (Å²) in [5.41, 5.74) is -2.04. The second kappa shape index (κ2) is 4.60. The molecule has 0 N–H and O–H groups in total. The molecule has 1 aromatic rings. The van der Waals surface area contributed by atoms with Crippen molar-refractivity contribution in [3.8, 4) is 5.88 Å². The fraction of sp³-hybridized carbons (Fsp3) is 0.250. The number of nitro groups is 1. The first kappa shape index (κ1) is 12.0. The SMILES string of the molecule is COc1nc(C=O)c([N+](=O)[O-])cc1C(F)F. The molecule has 0 aromatic carbocycles. The minimum absolute atomic E-state index is 0.107. The van der Waals surface area contributed by atoms with Crippen molar-refractivity contribution >= 4 is 12.0 Å². The lowest BCUT2D eigenvalue weighted by molar-refractivity contribution is -0.385. The van der Waals surface area contributed by atoms with Crippen molar-refractivity contribution in [2.24, 2.45) is 0 Å². The van der Waals surface area contributed by atoms with Crippen LogP contribution in [0.2, 0.25) is 0 Å². The van der Waals surface area contributed by atoms with Gasteiger partial charge in [-0.25, -0.2) is 13.8 Å². The third kappa shape index (κ3) is 2.10. The van der Waals surface area contributed by atoms with Crippen LogP contribution in [-0.2, 0) is 0 Å². The molecule has 0 aliphatic carbocycles. The van der Waals surface area contributed by atoms with Gasteiger partial charge in [0.15, 0.2) is 12.0 Å². The van der Waals surface area contributed by atoms with Gasteiger partial charge >= 0.3 is 0 Å². The lowest BCUT2D eigenvalue weighted by atomic mass is 10.2. The molecule has 8 heteroatoms. The van der Waals surface area contributed by atoms with Crippen LogP contribution in [0.5, 0.6) is 5.88 Å². The number of nitrogens with zero attached hydrogens (tertiary/aromatic N) is 2. The Balaban J connectivity index is 3.46. The summed E-state index contributed by atoms with van der Waals surface area (Å²) >= 11 is 0. The van der Waals surface area contributed by atoms with E-state index in [1.807, 2.05) is 0 Å². The zero-order valence-electron chi connectivity index (χ0n) is 8.02. The van der Waals surface area contributed by atoms with Crippen molar-refractivity contribution in [1.29, 1.82) is 0 Å². The van der Waals surface area contributed by atoms with E-state index in [0.717, 1.165) is 7.11 Å². The van der Waals surface area contributed by atoms with E-state index in [2.05, 4.69) is 9.72 Å². The molecular formula is C8H6F2N2O4. The maximum absolute atomic E-state index is 12.5. The highest BCUT2D eigenvalue weighted by Crippen LogP contribution is 2.31. The number of halogens is 2. The molecule has 0 fully saturated rings. The number of alkyl halides is 2. The molecule has 0 saturated carbocycles. The van der Waals surface area contributed by atoms with Crippen molar-refractivity contribution < 1.29 is 23.2 Å². The predicted octanol–water partition coefficient (Wildman–Crippen LogP) is 1.75. The molecular weight excluding hydrogens is 226 g/mol. The molecule has 1 heterocycles. The summed E-state index contributed by atoms with van der Waals surface area (Å²) in [7, 11) is 1.08. The second-order valence-corrected chi connectivity index (χ2v) is 2.67. The van der Waals surface area contributed by atoms with Gasteiger partial charge in [0.2, 0.25) is 5.88 Å². The van der Waals surface area contributed by atoms with Crippen LogP contribution in [0.1, 0.15) is 22.5 Å². The van der Waals surface area contributed by atoms with E-state index in [9.17, 15) is 23.7 Å². The van der Waals surface area contributed by atoms with Crippen LogP contribution in [0.25, 0.3) is 0 Å². The zero-order valence-corrected chi connectivity index (χ0v) is 8.02. The molecule has 0 aliphatic rings. The Bertz CT molecular complexity index is 436. The van der Waals surface area contributed by atoms with Crippen LogP contribution < -0.4 is 4.74 Å². The van der Waals surface area contributed by atoms with Gasteiger partial charge in [0, 0.05) is 6.07 Å². The molecule has 6 nitrogen and oxygen atoms in total. The highest BCUT2D eigenvalue weighted by Gasteiger charge is 2.24. The highest BCUT2D eigenvalue weighted by molar-refractivity contribution is 5.79. The Morgan fingerprint density at radius 2 is 2.25 bits per heavy atom. The number of methoxy groups -OCH3 is 1. The van der Waals surface area contributed by atoms with Gasteiger partial charge in [-0.1, -0.05) is 0 Å². The molecule has 16 heavy (non-hydrogen) atoms. The van der Waals surface area contributed by atoms with E-state index in [1.54, 1.807) is 0 Å². The first-order valence-electron chi connectivity index (χ1n) is 3.98. The molecule has 0 aliphatic heterocycles. The minimum atomic E-state index is -2.97. The van der Waals surface area contributed by atoms with Gasteiger partial charge in [0.1, 0.15) is 0 Å². The fourth-order valence-corrected chi connectivity index (χ4v) is 1.07. The van der Waals surface area contributed by atoms with Crippen molar-refractivity contribution in [2.45, 2.75) is 6.43 Å². The van der Waals surface area contributed by atoms with Gasteiger partial charge in [-0.3, -0.25) is 14.9 Å². The summed E-state index contributed by atoms with van der Waals surface area (Å²) < 4.78 is 29.4. The minimum Gasteiger partial charge on any atom is -0.481 e. The van der Waals surface area contributed by atoms with E-state index < -0.39 is 34.2 Å². The number of pyridine rings is 1. The summed E-state index contributed by atoms with van der Waals surface area (Å²) in [5.74, 6) is -0.497. The largest absolute Gasteiger partial charge is 0.481 e. The maximum Gasteiger partial charge on any atom is 0.299 e. The summed E-state index contributed by atoms with van der Waals surface area (Å²) in [4.78, 5) is 23.3. The van der Waals surface area contributed by atoms with Gasteiger partial charge in [-0.05, 0) is 0 Å². The Morgan fingerprint density at radius 3 is 2.62 bits per heavy atom. The van der Waals surface area contributed by atoms with Crippen molar-refractivity contribution in [3.05, 3.63) is 27.4 Å². The molecule has 1 aromatic heterocycles. The summed E-state index contributed by atoms with van der Waals surface area (Å²) in [6.45, 7) is 0. The monoisotopic (exact) mass is 232 g/mol. The van der Waals surface area contributed by atoms with Crippen molar-refractivity contribution in [1.82, 2.24) is 4.98 Å². The summed E-state index contributed by atoms with van der Waals surface area (Å²) in [5, 5.41) is 10.5. The van der Waals surface area contributed by atoms with E-state index in [0.29, 0.717) is 6.07 Å². The Labute approximate surface area is 88.0 Å². The number of aromatic nitrogens is 1. The molecule has 0 bridgehead atoms. The number of carbonyl (C=O) groups is 1. The van der Waals surface area contributed by atoms with Crippen molar-refractivity contribution in [2.75, 3.05) is 7.11 Å². The topological polar surface area (TPSA) is 82.3 Å². The fourth-order valence-electron chi connectivity index (χ4n) is 1.07. The van der Waals surface area contributed by atoms with Crippen LogP contribution in [-0.4, -0.2) is 23.3 Å². The van der Waals surface area contributed by atoms with Crippen molar-refractivity contribution in [3.63, 3.8) is 0 Å². The Kier molecular flexibility index (Phi) is 3.44. The van der Waals surface area contributed by atoms with E-state index >= 15 is 0 Å². The number of aldehydes is 1. The van der Waals surface area contributed by atoms with Crippen LogP contribution in [0.4, 0.5) is 14.5 Å². The molecule has 86 valence electrons. The highest BCUT2D eigenvalue weighted by atomic mass is 19.3. The maximum atomic E-state index is 12.5. The number of rotatable bonds is 4. The lowest BCUT2D eigenvalue weighted by Crippen LogP contribution is -2.03. The van der Waals surface area contributed by atoms with E-state index in [1.165, 1.54) is 0 Å². The van der Waals surface area contributed by atoms with Gasteiger partial charge in [0.05, 0.1) is 17.6 Å². The average molecular weight is 232 g/mol. The Hall–Kier alpha value is -2.12. The standard InChI is InChI=1S/C8H6F2N2O4/c1-16-8-4(7(9)10)2-6(12(14)15)5(3-13)11-8/h2-3,7H,1H3. The first-order chi connectivity index (χ1) is 7.51. The zero-order chi connectivity index (χ0) is 12.3. The molecule has 0 amide bonds. The third-order valence-electron chi connectivity index (χ3n) is 1.76. The van der Waals surface area contributed by atoms with E-state index in [4.69, 9.17) is 0 Å². The molecule has 0 atom stereocenters. The molecule has 0 radical (unpaired) electrons. The molecule has 0 saturated heterocycles. The van der Waals surface area contributed by atoms with Crippen LogP contribution in [0, 0.1) is 10.1 Å². The Morgan fingerprint density at radius 1 is 1.62 bits per heavy atom. The second-order valence-electron chi connectivity index (χ2n) is 2.67. The quantitative estimate of drug-likeness (QED) is 0.448. The van der Waals surface area contributed by atoms with Gasteiger partial charge < -0.3 is 4.74 Å². The predicted molar refractivity (Wildman–Crippen MR) is 47.8 cm³/mol. The van der Waals surface area contributed by atoms with Crippen LogP contribution in [0.15, 0.2) is 6.07 Å². The molecule has 1 rings (SSSR count). The first-order valence-corrected chi connectivity index (χ1v) is 3.98.